The van der Waals surface area contributed by atoms with E-state index in [9.17, 15) is 9.59 Å². The summed E-state index contributed by atoms with van der Waals surface area (Å²) in [5, 5.41) is 23.2. The molecule has 14 nitrogen and oxygen atoms in total. The van der Waals surface area contributed by atoms with E-state index in [1.165, 1.54) is 43.8 Å². The van der Waals surface area contributed by atoms with Crippen LogP contribution in [0.2, 0.25) is 0 Å². The molecule has 2 aromatic rings. The number of amides is 2. The summed E-state index contributed by atoms with van der Waals surface area (Å²) in [6.07, 6.45) is 13.0. The van der Waals surface area contributed by atoms with Crippen LogP contribution in [-0.4, -0.2) is 55.7 Å². The van der Waals surface area contributed by atoms with Gasteiger partial charge in [0, 0.05) is 42.0 Å². The molecule has 0 bridgehead atoms. The number of unbranched alkanes of at least 4 members (excludes halogenated alkanes) is 5. The largest absolute Gasteiger partial charge is 0.498 e. The predicted molar refractivity (Wildman–Crippen MR) is 178 cm³/mol. The summed E-state index contributed by atoms with van der Waals surface area (Å²) in [7, 11) is 0. The maximum absolute atomic E-state index is 12.6. The summed E-state index contributed by atoms with van der Waals surface area (Å²) in [6.45, 7) is 5.54. The first-order valence-electron chi connectivity index (χ1n) is 16.5. The van der Waals surface area contributed by atoms with Gasteiger partial charge in [-0.05, 0) is 48.1 Å². The van der Waals surface area contributed by atoms with Gasteiger partial charge >= 0.3 is 11.8 Å². The first-order valence-corrected chi connectivity index (χ1v) is 16.5. The van der Waals surface area contributed by atoms with Crippen molar-refractivity contribution < 1.29 is 38.9 Å². The Morgan fingerprint density at radius 3 is 2.52 bits per heavy atom. The van der Waals surface area contributed by atoms with Crippen LogP contribution >= 0.6 is 0 Å². The van der Waals surface area contributed by atoms with Crippen LogP contribution in [0.5, 0.6) is 0 Å². The van der Waals surface area contributed by atoms with E-state index in [1.807, 2.05) is 24.4 Å². The molecule has 3 rings (SSSR count). The number of nitrogens with one attached hydrogen (secondary N) is 4. The third-order valence-corrected chi connectivity index (χ3v) is 7.50. The molecule has 48 heavy (non-hydrogen) atoms. The summed E-state index contributed by atoms with van der Waals surface area (Å²) in [6, 6.07) is 15.1. The molecule has 1 aliphatic heterocycles. The van der Waals surface area contributed by atoms with Crippen molar-refractivity contribution in [2.24, 2.45) is 0 Å². The molecule has 0 unspecified atom stereocenters. The zero-order chi connectivity index (χ0) is 34.1. The number of nitrogens with zero attached hydrogens (tertiary/aromatic N) is 2. The summed E-state index contributed by atoms with van der Waals surface area (Å²) in [5.41, 5.74) is 8.07. The minimum Gasteiger partial charge on any atom is -0.498 e. The van der Waals surface area contributed by atoms with Gasteiger partial charge in [0.05, 0.1) is 25.5 Å². The van der Waals surface area contributed by atoms with Gasteiger partial charge in [0.25, 0.3) is 0 Å². The van der Waals surface area contributed by atoms with E-state index in [4.69, 9.17) is 19.6 Å². The molecule has 0 saturated carbocycles. The van der Waals surface area contributed by atoms with Gasteiger partial charge in [0.15, 0.2) is 12.5 Å². The molecule has 14 heteroatoms. The van der Waals surface area contributed by atoms with Gasteiger partial charge in [-0.3, -0.25) is 30.7 Å². The topological polar surface area (TPSA) is 165 Å². The van der Waals surface area contributed by atoms with Crippen molar-refractivity contribution in [2.75, 3.05) is 43.7 Å². The van der Waals surface area contributed by atoms with Crippen LogP contribution in [-0.2, 0) is 52.1 Å². The summed E-state index contributed by atoms with van der Waals surface area (Å²) in [4.78, 5) is 36.9. The quantitative estimate of drug-likeness (QED) is 0.0239. The van der Waals surface area contributed by atoms with E-state index >= 15 is 0 Å². The Kier molecular flexibility index (Phi) is 18.9. The lowest BCUT2D eigenvalue weighted by Crippen LogP contribution is -2.49. The van der Waals surface area contributed by atoms with Crippen molar-refractivity contribution in [3.63, 3.8) is 0 Å². The zero-order valence-corrected chi connectivity index (χ0v) is 27.6. The van der Waals surface area contributed by atoms with E-state index in [1.54, 1.807) is 18.2 Å². The third-order valence-electron chi connectivity index (χ3n) is 7.50. The number of carbonyl (C=O) groups excluding carboxylic acids is 2. The lowest BCUT2D eigenvalue weighted by atomic mass is 10.0. The number of carbonyl (C=O) groups is 2. The summed E-state index contributed by atoms with van der Waals surface area (Å²) in [5.74, 6) is -1.54. The van der Waals surface area contributed by atoms with E-state index in [-0.39, 0.29) is 25.9 Å². The van der Waals surface area contributed by atoms with Crippen LogP contribution in [0.1, 0.15) is 69.4 Å². The Morgan fingerprint density at radius 1 is 0.938 bits per heavy atom. The molecule has 0 atom stereocenters. The fourth-order valence-electron chi connectivity index (χ4n) is 4.95. The van der Waals surface area contributed by atoms with Crippen LogP contribution in [0.4, 0.5) is 11.4 Å². The monoisotopic (exact) mass is 668 g/mol. The van der Waals surface area contributed by atoms with Gasteiger partial charge in [-0.15, -0.1) is 0 Å². The Morgan fingerprint density at radius 2 is 1.73 bits per heavy atom. The molecule has 0 aromatic heterocycles. The number of hydrogen-bond acceptors (Lipinski definition) is 12. The average molecular weight is 669 g/mol. The van der Waals surface area contributed by atoms with Gasteiger partial charge in [-0.2, -0.15) is 5.26 Å². The molecule has 0 aliphatic carbocycles. The molecule has 0 radical (unpaired) electrons. The highest BCUT2D eigenvalue weighted by atomic mass is 17.7. The number of piperidine rings is 1. The molecule has 262 valence electrons. The van der Waals surface area contributed by atoms with Crippen molar-refractivity contribution in [2.45, 2.75) is 77.5 Å². The Bertz CT molecular complexity index is 1270. The predicted octanol–water partition coefficient (Wildman–Crippen LogP) is 4.98. The molecule has 4 N–H and O–H groups in total. The lowest BCUT2D eigenvalue weighted by Gasteiger charge is -2.32. The molecule has 1 aliphatic rings. The molecule has 0 spiro atoms. The summed E-state index contributed by atoms with van der Waals surface area (Å²) >= 11 is 0. The number of rotatable bonds is 23. The number of likely N-dealkylation sites (tertiary alicyclic amines) is 1. The lowest BCUT2D eigenvalue weighted by molar-refractivity contribution is -0.622. The van der Waals surface area contributed by atoms with Crippen LogP contribution < -0.4 is 21.5 Å². The van der Waals surface area contributed by atoms with Crippen molar-refractivity contribution in [3.05, 3.63) is 72.2 Å². The van der Waals surface area contributed by atoms with Gasteiger partial charge < -0.3 is 19.7 Å². The number of nitriles is 1. The molecule has 1 saturated heterocycles. The number of anilines is 2. The third kappa shape index (κ3) is 15.9. The molecular weight excluding hydrogens is 620 g/mol. The zero-order valence-electron chi connectivity index (χ0n) is 27.6. The molecular formula is C34H48N6O8. The first-order chi connectivity index (χ1) is 23.6. The average Bonchev–Trinajstić information content (AvgIpc) is 3.10. The van der Waals surface area contributed by atoms with Gasteiger partial charge in [-0.1, -0.05) is 69.4 Å². The van der Waals surface area contributed by atoms with Gasteiger partial charge in [0.1, 0.15) is 12.9 Å². The van der Waals surface area contributed by atoms with Crippen molar-refractivity contribution >= 4 is 23.2 Å². The minimum atomic E-state index is -0.820. The molecule has 1 heterocycles. The standard InChI is InChI=1S/C34H48N6O8/c1-2-3-4-5-6-10-19-43-20-22-45-47-48-46-23-21-44-26-29-24-31(36-27-35)13-14-32(29)38-39-34(42)33(41)37-30-15-17-40(18-16-30)25-28-11-8-7-9-12-28/h7-9,11-14,20,22,24,30,36,38H,2-6,10,15-19,21,23,25-26H2,1H3,(H,37,41)(H,39,42)/b22-20+. The SMILES string of the molecule is CCCCCCCCO/C=C/OOOOCCOCc1cc(NC#N)ccc1NNC(=O)C(=O)NC1CCN(Cc2ccccc2)CC1. The Hall–Kier alpha value is -4.39. The second-order valence-electron chi connectivity index (χ2n) is 11.2. The number of benzene rings is 2. The molecule has 1 fully saturated rings. The van der Waals surface area contributed by atoms with Crippen LogP contribution in [0, 0.1) is 11.5 Å². The highest BCUT2D eigenvalue weighted by Gasteiger charge is 2.23. The fourth-order valence-corrected chi connectivity index (χ4v) is 4.95. The van der Waals surface area contributed by atoms with E-state index < -0.39 is 11.8 Å². The van der Waals surface area contributed by atoms with Crippen molar-refractivity contribution in [1.82, 2.24) is 15.6 Å². The molecule has 2 aromatic carbocycles. The first kappa shape index (κ1) is 38.1. The fraction of sp³-hybridized carbons (Fsp3) is 0.500. The van der Waals surface area contributed by atoms with Crippen LogP contribution in [0.25, 0.3) is 0 Å². The molecule has 2 amide bonds. The second kappa shape index (κ2) is 23.9. The number of ether oxygens (including phenoxy) is 2. The van der Waals surface area contributed by atoms with E-state index in [2.05, 4.69) is 60.4 Å². The number of hydrogen-bond donors (Lipinski definition) is 4. The smallest absolute Gasteiger partial charge is 0.327 e. The van der Waals surface area contributed by atoms with Crippen molar-refractivity contribution in [1.29, 1.82) is 5.26 Å². The maximum atomic E-state index is 12.6. The highest BCUT2D eigenvalue weighted by molar-refractivity contribution is 6.35. The highest BCUT2D eigenvalue weighted by Crippen LogP contribution is 2.21. The number of hydrazine groups is 1. The van der Waals surface area contributed by atoms with Crippen LogP contribution in [0.15, 0.2) is 61.1 Å². The van der Waals surface area contributed by atoms with Crippen LogP contribution in [0.3, 0.4) is 0 Å². The normalized spacial score (nSPS) is 13.5. The Balaban J connectivity index is 1.29. The maximum Gasteiger partial charge on any atom is 0.327 e. The summed E-state index contributed by atoms with van der Waals surface area (Å²) < 4.78 is 10.9. The Labute approximate surface area is 282 Å². The van der Waals surface area contributed by atoms with Gasteiger partial charge in [-0.25, -0.2) is 4.89 Å². The van der Waals surface area contributed by atoms with Crippen molar-refractivity contribution in [3.8, 4) is 6.19 Å². The van der Waals surface area contributed by atoms with Gasteiger partial charge in [0.2, 0.25) is 0 Å². The second-order valence-corrected chi connectivity index (χ2v) is 11.2. The van der Waals surface area contributed by atoms with E-state index in [0.29, 0.717) is 23.5 Å². The van der Waals surface area contributed by atoms with E-state index in [0.717, 1.165) is 45.3 Å². The minimum absolute atomic E-state index is 0.0165.